The average Bonchev–Trinajstić information content (AvgIpc) is 3.49. The van der Waals surface area contributed by atoms with Crippen LogP contribution in [-0.2, 0) is 5.41 Å². The zero-order chi connectivity index (χ0) is 32.6. The second kappa shape index (κ2) is 10.5. The van der Waals surface area contributed by atoms with Crippen LogP contribution in [-0.4, -0.2) is 11.6 Å². The van der Waals surface area contributed by atoms with Crippen molar-refractivity contribution in [3.05, 3.63) is 179 Å². The van der Waals surface area contributed by atoms with Gasteiger partial charge in [0, 0.05) is 33.6 Å². The van der Waals surface area contributed by atoms with Gasteiger partial charge in [0.15, 0.2) is 11.6 Å². The van der Waals surface area contributed by atoms with Crippen LogP contribution in [0.2, 0.25) is 0 Å². The van der Waals surface area contributed by atoms with E-state index in [0.717, 1.165) is 38.8 Å². The molecule has 48 heavy (non-hydrogen) atoms. The van der Waals surface area contributed by atoms with Crippen LogP contribution >= 0.6 is 0 Å². The lowest BCUT2D eigenvalue weighted by Gasteiger charge is -2.28. The van der Waals surface area contributed by atoms with Crippen LogP contribution < -0.4 is 4.90 Å². The summed E-state index contributed by atoms with van der Waals surface area (Å²) in [5.41, 5.74) is 10.2. The normalized spacial score (nSPS) is 14.2. The van der Waals surface area contributed by atoms with Crippen LogP contribution in [0.5, 0.6) is 0 Å². The summed E-state index contributed by atoms with van der Waals surface area (Å²) >= 11 is 0. The van der Waals surface area contributed by atoms with E-state index < -0.39 is 0 Å². The molecule has 0 amide bonds. The molecule has 7 aromatic rings. The predicted octanol–water partition coefficient (Wildman–Crippen LogP) is 11.2. The number of carbonyl (C=O) groups is 2. The molecule has 7 aromatic carbocycles. The van der Waals surface area contributed by atoms with Crippen LogP contribution in [0.25, 0.3) is 38.7 Å². The number of nitrogens with zero attached hydrogens (tertiary/aromatic N) is 1. The number of rotatable bonds is 4. The Labute approximate surface area is 279 Å². The summed E-state index contributed by atoms with van der Waals surface area (Å²) in [4.78, 5) is 29.2. The summed E-state index contributed by atoms with van der Waals surface area (Å²) in [5, 5.41) is 4.18. The van der Waals surface area contributed by atoms with Gasteiger partial charge in [0.05, 0.1) is 5.57 Å². The van der Waals surface area contributed by atoms with Crippen molar-refractivity contribution in [3.63, 3.8) is 0 Å². The number of hydrogen-bond donors (Lipinski definition) is 0. The minimum absolute atomic E-state index is 0.206. The quantitative estimate of drug-likeness (QED) is 0.146. The van der Waals surface area contributed by atoms with Crippen molar-refractivity contribution in [2.75, 3.05) is 4.90 Å². The van der Waals surface area contributed by atoms with Gasteiger partial charge >= 0.3 is 0 Å². The molecular weight excluding hydrogens is 587 g/mol. The molecule has 0 aromatic heterocycles. The largest absolute Gasteiger partial charge is 0.310 e. The van der Waals surface area contributed by atoms with Crippen molar-refractivity contribution in [2.24, 2.45) is 0 Å². The Bertz CT molecular complexity index is 2410. The van der Waals surface area contributed by atoms with Crippen LogP contribution in [0.4, 0.5) is 17.1 Å². The Morgan fingerprint density at radius 2 is 1.08 bits per heavy atom. The van der Waals surface area contributed by atoms with Gasteiger partial charge in [-0.2, -0.15) is 0 Å². The lowest BCUT2D eigenvalue weighted by molar-refractivity contribution is 0.0990. The molecule has 0 N–H and O–H groups in total. The number of ketones is 2. The van der Waals surface area contributed by atoms with Gasteiger partial charge in [-0.1, -0.05) is 105 Å². The first-order valence-corrected chi connectivity index (χ1v) is 16.3. The van der Waals surface area contributed by atoms with Crippen molar-refractivity contribution in [2.45, 2.75) is 19.3 Å². The molecule has 9 rings (SSSR count). The van der Waals surface area contributed by atoms with Crippen LogP contribution in [0.3, 0.4) is 0 Å². The Hall–Kier alpha value is -6.06. The number of benzene rings is 7. The minimum Gasteiger partial charge on any atom is -0.310 e. The topological polar surface area (TPSA) is 37.4 Å². The smallest absolute Gasteiger partial charge is 0.197 e. The molecule has 2 aliphatic rings. The lowest BCUT2D eigenvalue weighted by Crippen LogP contribution is -2.17. The van der Waals surface area contributed by atoms with E-state index in [1.54, 1.807) is 6.08 Å². The van der Waals surface area contributed by atoms with Crippen molar-refractivity contribution in [3.8, 4) is 11.1 Å². The van der Waals surface area contributed by atoms with Gasteiger partial charge in [-0.15, -0.1) is 0 Å². The van der Waals surface area contributed by atoms with E-state index in [1.165, 1.54) is 27.6 Å². The molecule has 0 bridgehead atoms. The summed E-state index contributed by atoms with van der Waals surface area (Å²) < 4.78 is 0. The number of carbonyl (C=O) groups excluding carboxylic acids is 2. The van der Waals surface area contributed by atoms with Crippen molar-refractivity contribution >= 4 is 56.2 Å². The summed E-state index contributed by atoms with van der Waals surface area (Å²) in [7, 11) is 0. The van der Waals surface area contributed by atoms with Gasteiger partial charge in [0.1, 0.15) is 0 Å². The van der Waals surface area contributed by atoms with E-state index >= 15 is 0 Å². The third-order valence-corrected chi connectivity index (χ3v) is 10.1. The SMILES string of the molecule is CC1(C)c2cc(N(c3ccccc3)c3ccccc3)ccc2-c2ccc3cc(C=C4C(=O)c5cc6ccccc6cc5C4=O)ccc3c21. The van der Waals surface area contributed by atoms with Crippen molar-refractivity contribution in [1.82, 2.24) is 0 Å². The Morgan fingerprint density at radius 1 is 0.500 bits per heavy atom. The summed E-state index contributed by atoms with van der Waals surface area (Å²) in [6.45, 7) is 4.62. The predicted molar refractivity (Wildman–Crippen MR) is 197 cm³/mol. The zero-order valence-corrected chi connectivity index (χ0v) is 26.7. The maximum atomic E-state index is 13.4. The molecule has 0 unspecified atom stereocenters. The molecule has 0 saturated carbocycles. The molecule has 3 nitrogen and oxygen atoms in total. The highest BCUT2D eigenvalue weighted by Crippen LogP contribution is 2.53. The standard InChI is InChI=1S/C45H31NO2/c1-45(2)41-27-34(46(32-13-5-3-6-14-32)33-15-7-4-8-16-33)19-22-36(41)37-21-18-31-23-28(17-20-35(31)42(37)45)24-40-43(47)38-25-29-11-9-10-12-30(29)26-39(38)44(40)48/h3-27H,1-2H3. The van der Waals surface area contributed by atoms with Crippen LogP contribution in [0.15, 0.2) is 151 Å². The maximum absolute atomic E-state index is 13.4. The second-order valence-electron chi connectivity index (χ2n) is 13.3. The average molecular weight is 618 g/mol. The number of fused-ring (bicyclic) bond motifs is 7. The first kappa shape index (κ1) is 28.2. The molecule has 0 saturated heterocycles. The van der Waals surface area contributed by atoms with Gasteiger partial charge < -0.3 is 4.90 Å². The first-order chi connectivity index (χ1) is 23.4. The molecule has 0 fully saturated rings. The van der Waals surface area contributed by atoms with Crippen molar-refractivity contribution in [1.29, 1.82) is 0 Å². The van der Waals surface area contributed by atoms with E-state index in [0.29, 0.717) is 11.1 Å². The Morgan fingerprint density at radius 3 is 1.71 bits per heavy atom. The molecular formula is C45H31NO2. The van der Waals surface area contributed by atoms with Crippen LogP contribution in [0, 0.1) is 0 Å². The Kier molecular flexibility index (Phi) is 6.15. The van der Waals surface area contributed by atoms with Gasteiger partial charge in [-0.25, -0.2) is 0 Å². The molecule has 228 valence electrons. The van der Waals surface area contributed by atoms with Gasteiger partial charge in [-0.3, -0.25) is 9.59 Å². The molecule has 0 aliphatic heterocycles. The fourth-order valence-electron chi connectivity index (χ4n) is 7.80. The maximum Gasteiger partial charge on any atom is 0.197 e. The third kappa shape index (κ3) is 4.21. The zero-order valence-electron chi connectivity index (χ0n) is 26.7. The molecule has 2 aliphatic carbocycles. The number of para-hydroxylation sites is 2. The molecule has 0 radical (unpaired) electrons. The van der Waals surface area contributed by atoms with E-state index in [2.05, 4.69) is 110 Å². The molecule has 0 spiro atoms. The lowest BCUT2D eigenvalue weighted by atomic mass is 9.80. The van der Waals surface area contributed by atoms with Crippen molar-refractivity contribution < 1.29 is 9.59 Å². The number of Topliss-reactive ketones (excluding diaryl/α,β-unsaturated/α-hetero) is 2. The number of hydrogen-bond acceptors (Lipinski definition) is 3. The van der Waals surface area contributed by atoms with E-state index in [4.69, 9.17) is 0 Å². The number of allylic oxidation sites excluding steroid dienone is 1. The van der Waals surface area contributed by atoms with Gasteiger partial charge in [0.25, 0.3) is 0 Å². The summed E-state index contributed by atoms with van der Waals surface area (Å²) in [6, 6.07) is 50.0. The van der Waals surface area contributed by atoms with Gasteiger partial charge in [-0.05, 0) is 110 Å². The number of anilines is 3. The van der Waals surface area contributed by atoms with Gasteiger partial charge in [0.2, 0.25) is 0 Å². The third-order valence-electron chi connectivity index (χ3n) is 10.1. The summed E-state index contributed by atoms with van der Waals surface area (Å²) in [6.07, 6.45) is 1.76. The second-order valence-corrected chi connectivity index (χ2v) is 13.3. The highest BCUT2D eigenvalue weighted by Gasteiger charge is 2.38. The monoisotopic (exact) mass is 617 g/mol. The molecule has 0 atom stereocenters. The molecule has 3 heteroatoms. The van der Waals surface area contributed by atoms with E-state index in [9.17, 15) is 9.59 Å². The highest BCUT2D eigenvalue weighted by atomic mass is 16.2. The van der Waals surface area contributed by atoms with Crippen LogP contribution in [0.1, 0.15) is 51.3 Å². The molecule has 0 heterocycles. The Balaban J connectivity index is 1.11. The van der Waals surface area contributed by atoms with E-state index in [-0.39, 0.29) is 22.6 Å². The highest BCUT2D eigenvalue weighted by molar-refractivity contribution is 6.42. The minimum atomic E-state index is -0.250. The first-order valence-electron chi connectivity index (χ1n) is 16.3. The fourth-order valence-corrected chi connectivity index (χ4v) is 7.80. The fraction of sp³-hybridized carbons (Fsp3) is 0.0667. The van der Waals surface area contributed by atoms with E-state index in [1.807, 2.05) is 54.6 Å². The summed E-state index contributed by atoms with van der Waals surface area (Å²) in [5.74, 6) is -0.413.